The van der Waals surface area contributed by atoms with Crippen molar-refractivity contribution in [3.8, 4) is 11.5 Å². The molecule has 2 saturated carbocycles. The second-order valence-electron chi connectivity index (χ2n) is 12.4. The van der Waals surface area contributed by atoms with E-state index in [1.165, 1.54) is 12.8 Å². The van der Waals surface area contributed by atoms with Gasteiger partial charge in [-0.25, -0.2) is 0 Å². The zero-order valence-corrected chi connectivity index (χ0v) is 26.9. The molecular formula is C35H50ClN3O4. The third-order valence-corrected chi connectivity index (χ3v) is 9.65. The van der Waals surface area contributed by atoms with Crippen LogP contribution >= 0.6 is 12.4 Å². The Bertz CT molecular complexity index is 1130. The van der Waals surface area contributed by atoms with Gasteiger partial charge in [-0.3, -0.25) is 19.4 Å². The third kappa shape index (κ3) is 8.45. The molecular weight excluding hydrogens is 562 g/mol. The number of halogens is 1. The van der Waals surface area contributed by atoms with Gasteiger partial charge in [-0.2, -0.15) is 0 Å². The summed E-state index contributed by atoms with van der Waals surface area (Å²) in [5, 5.41) is 0. The van der Waals surface area contributed by atoms with Gasteiger partial charge in [0, 0.05) is 44.6 Å². The summed E-state index contributed by atoms with van der Waals surface area (Å²) in [7, 11) is 3.40. The van der Waals surface area contributed by atoms with E-state index in [1.807, 2.05) is 24.3 Å². The number of methoxy groups -OCH3 is 2. The maximum atomic E-state index is 14.3. The molecule has 2 aliphatic carbocycles. The fraction of sp³-hybridized carbons (Fsp3) is 0.600. The van der Waals surface area contributed by atoms with Crippen LogP contribution in [0.3, 0.4) is 0 Å². The number of carbonyl (C=O) groups is 2. The minimum absolute atomic E-state index is 0. The van der Waals surface area contributed by atoms with Gasteiger partial charge in [-0.1, -0.05) is 62.8 Å². The van der Waals surface area contributed by atoms with Gasteiger partial charge in [0.25, 0.3) is 0 Å². The molecule has 0 aromatic heterocycles. The van der Waals surface area contributed by atoms with E-state index in [2.05, 4.69) is 34.1 Å². The predicted molar refractivity (Wildman–Crippen MR) is 174 cm³/mol. The SMILES string of the molecule is COc1ccc(CC(CN2CCN(c3ccccc3OC)CC2)N(C(=O)C2CCCCC2)C(=O)C2CCCCC2)cc1.Cl. The number of nitrogens with zero attached hydrogens (tertiary/aromatic N) is 3. The molecule has 0 spiro atoms. The molecule has 3 fully saturated rings. The van der Waals surface area contributed by atoms with E-state index in [1.54, 1.807) is 19.1 Å². The first-order valence-electron chi connectivity index (χ1n) is 16.2. The molecule has 8 heteroatoms. The van der Waals surface area contributed by atoms with E-state index in [0.29, 0.717) is 13.0 Å². The van der Waals surface area contributed by atoms with Gasteiger partial charge in [-0.05, 0) is 61.9 Å². The molecule has 3 aliphatic rings. The Balaban J connectivity index is 0.00000423. The number of carbonyl (C=O) groups excluding carboxylic acids is 2. The molecule has 0 radical (unpaired) electrons. The highest BCUT2D eigenvalue weighted by Gasteiger charge is 2.39. The van der Waals surface area contributed by atoms with Crippen LogP contribution in [-0.4, -0.2) is 74.6 Å². The molecule has 0 N–H and O–H groups in total. The Hall–Kier alpha value is -2.77. The molecule has 43 heavy (non-hydrogen) atoms. The number of hydrogen-bond donors (Lipinski definition) is 0. The molecule has 1 saturated heterocycles. The number of imide groups is 1. The number of para-hydroxylation sites is 2. The predicted octanol–water partition coefficient (Wildman–Crippen LogP) is 6.37. The standard InChI is InChI=1S/C35H49N3O4.ClH/c1-41-31-19-17-27(18-20-31)25-30(26-36-21-23-37(24-22-36)32-15-9-10-16-33(32)42-2)38(34(39)28-11-5-3-6-12-28)35(40)29-13-7-4-8-14-29;/h9-10,15-20,28-30H,3-8,11-14,21-26H2,1-2H3;1H. The lowest BCUT2D eigenvalue weighted by atomic mass is 9.85. The molecule has 0 bridgehead atoms. The second-order valence-corrected chi connectivity index (χ2v) is 12.4. The summed E-state index contributed by atoms with van der Waals surface area (Å²) in [5.41, 5.74) is 2.25. The van der Waals surface area contributed by atoms with E-state index in [4.69, 9.17) is 9.47 Å². The van der Waals surface area contributed by atoms with Crippen molar-refractivity contribution in [1.29, 1.82) is 0 Å². The van der Waals surface area contributed by atoms with Crippen molar-refractivity contribution in [3.63, 3.8) is 0 Å². The Kier molecular flexibility index (Phi) is 12.6. The molecule has 7 nitrogen and oxygen atoms in total. The summed E-state index contributed by atoms with van der Waals surface area (Å²) in [5.74, 6) is 1.80. The van der Waals surface area contributed by atoms with Crippen LogP contribution in [0.1, 0.15) is 69.8 Å². The lowest BCUT2D eigenvalue weighted by Gasteiger charge is -2.42. The molecule has 1 heterocycles. The second kappa shape index (κ2) is 16.3. The van der Waals surface area contributed by atoms with Crippen molar-refractivity contribution in [3.05, 3.63) is 54.1 Å². The van der Waals surface area contributed by atoms with Gasteiger partial charge in [0.1, 0.15) is 11.5 Å². The van der Waals surface area contributed by atoms with E-state index < -0.39 is 0 Å². The van der Waals surface area contributed by atoms with E-state index in [9.17, 15) is 9.59 Å². The summed E-state index contributed by atoms with van der Waals surface area (Å²) in [6, 6.07) is 16.1. The molecule has 2 aromatic carbocycles. The number of amides is 2. The molecule has 1 aliphatic heterocycles. The van der Waals surface area contributed by atoms with Crippen molar-refractivity contribution in [2.24, 2.45) is 11.8 Å². The number of benzene rings is 2. The molecule has 2 aromatic rings. The lowest BCUT2D eigenvalue weighted by Crippen LogP contribution is -2.57. The third-order valence-electron chi connectivity index (χ3n) is 9.65. The summed E-state index contributed by atoms with van der Waals surface area (Å²) >= 11 is 0. The first-order chi connectivity index (χ1) is 20.6. The zero-order valence-electron chi connectivity index (χ0n) is 26.0. The molecule has 1 atom stereocenters. The number of ether oxygens (including phenoxy) is 2. The Morgan fingerprint density at radius 1 is 0.767 bits per heavy atom. The number of rotatable bonds is 10. The highest BCUT2D eigenvalue weighted by Crippen LogP contribution is 2.32. The first kappa shape index (κ1) is 33.1. The van der Waals surface area contributed by atoms with Gasteiger partial charge >= 0.3 is 0 Å². The van der Waals surface area contributed by atoms with Gasteiger partial charge in [0.05, 0.1) is 25.9 Å². The number of anilines is 1. The molecule has 5 rings (SSSR count). The maximum Gasteiger partial charge on any atom is 0.232 e. The Labute approximate surface area is 264 Å². The molecule has 1 unspecified atom stereocenters. The minimum Gasteiger partial charge on any atom is -0.497 e. The van der Waals surface area contributed by atoms with Gasteiger partial charge in [0.15, 0.2) is 0 Å². The van der Waals surface area contributed by atoms with Gasteiger partial charge in [0.2, 0.25) is 11.8 Å². The highest BCUT2D eigenvalue weighted by molar-refractivity contribution is 5.98. The summed E-state index contributed by atoms with van der Waals surface area (Å²) in [6.07, 6.45) is 11.0. The summed E-state index contributed by atoms with van der Waals surface area (Å²) in [4.78, 5) is 35.2. The van der Waals surface area contributed by atoms with Crippen LogP contribution in [0, 0.1) is 11.8 Å². The van der Waals surface area contributed by atoms with Gasteiger partial charge < -0.3 is 14.4 Å². The fourth-order valence-electron chi connectivity index (χ4n) is 7.19. The van der Waals surface area contributed by atoms with Crippen molar-refractivity contribution < 1.29 is 19.1 Å². The van der Waals surface area contributed by atoms with Crippen molar-refractivity contribution >= 4 is 29.9 Å². The van der Waals surface area contributed by atoms with E-state index in [-0.39, 0.29) is 42.1 Å². The van der Waals surface area contributed by atoms with Crippen molar-refractivity contribution in [2.45, 2.75) is 76.7 Å². The fourth-order valence-corrected chi connectivity index (χ4v) is 7.19. The average Bonchev–Trinajstić information content (AvgIpc) is 3.06. The van der Waals surface area contributed by atoms with E-state index >= 15 is 0 Å². The molecule has 2 amide bonds. The van der Waals surface area contributed by atoms with Crippen LogP contribution < -0.4 is 14.4 Å². The Morgan fingerprint density at radius 3 is 1.86 bits per heavy atom. The molecule has 236 valence electrons. The monoisotopic (exact) mass is 611 g/mol. The van der Waals surface area contributed by atoms with Crippen LogP contribution in [0.25, 0.3) is 0 Å². The van der Waals surface area contributed by atoms with Crippen LogP contribution in [0.2, 0.25) is 0 Å². The average molecular weight is 612 g/mol. The van der Waals surface area contributed by atoms with Crippen molar-refractivity contribution in [1.82, 2.24) is 9.80 Å². The largest absolute Gasteiger partial charge is 0.497 e. The van der Waals surface area contributed by atoms with Crippen LogP contribution in [0.15, 0.2) is 48.5 Å². The Morgan fingerprint density at radius 2 is 1.33 bits per heavy atom. The quantitative estimate of drug-likeness (QED) is 0.291. The van der Waals surface area contributed by atoms with Crippen LogP contribution in [0.4, 0.5) is 5.69 Å². The van der Waals surface area contributed by atoms with Crippen molar-refractivity contribution in [2.75, 3.05) is 51.8 Å². The highest BCUT2D eigenvalue weighted by atomic mass is 35.5. The first-order valence-corrected chi connectivity index (χ1v) is 16.2. The van der Waals surface area contributed by atoms with Gasteiger partial charge in [-0.15, -0.1) is 12.4 Å². The summed E-state index contributed by atoms with van der Waals surface area (Å²) < 4.78 is 11.0. The van der Waals surface area contributed by atoms with Crippen LogP contribution in [0.5, 0.6) is 11.5 Å². The topological polar surface area (TPSA) is 62.3 Å². The maximum absolute atomic E-state index is 14.3. The normalized spacial score (nSPS) is 19.3. The number of hydrogen-bond acceptors (Lipinski definition) is 6. The van der Waals surface area contributed by atoms with E-state index in [0.717, 1.165) is 100 Å². The lowest BCUT2D eigenvalue weighted by molar-refractivity contribution is -0.154. The zero-order chi connectivity index (χ0) is 29.3. The minimum atomic E-state index is -0.194. The summed E-state index contributed by atoms with van der Waals surface area (Å²) in [6.45, 7) is 4.20. The number of piperazine rings is 1. The smallest absolute Gasteiger partial charge is 0.232 e. The van der Waals surface area contributed by atoms with Crippen LogP contribution in [-0.2, 0) is 16.0 Å².